The molecular formula is C22H19N3O3S. The summed E-state index contributed by atoms with van der Waals surface area (Å²) in [7, 11) is 0. The van der Waals surface area contributed by atoms with Gasteiger partial charge in [-0.1, -0.05) is 29.4 Å². The standard InChI is InChI=1S/C22H19N3O3S/c1-14-23-19-10-17(6-7-21(19)29-14)27-13-18-11-20(24-28-18)22(26)25-9-8-15-4-2-3-5-16(15)12-25/h2-7,10-11H,8-9,12-13H2,1H3. The predicted molar refractivity (Wildman–Crippen MR) is 110 cm³/mol. The third-order valence-corrected chi connectivity index (χ3v) is 5.99. The van der Waals surface area contributed by atoms with Crippen molar-refractivity contribution in [1.82, 2.24) is 15.0 Å². The molecule has 0 radical (unpaired) electrons. The van der Waals surface area contributed by atoms with Gasteiger partial charge in [0.15, 0.2) is 11.5 Å². The van der Waals surface area contributed by atoms with E-state index in [4.69, 9.17) is 9.26 Å². The van der Waals surface area contributed by atoms with Gasteiger partial charge in [-0.3, -0.25) is 4.79 Å². The Labute approximate surface area is 171 Å². The van der Waals surface area contributed by atoms with Gasteiger partial charge in [0.25, 0.3) is 5.91 Å². The predicted octanol–water partition coefficient (Wildman–Crippen LogP) is 4.37. The largest absolute Gasteiger partial charge is 0.485 e. The topological polar surface area (TPSA) is 68.5 Å². The number of nitrogens with zero attached hydrogens (tertiary/aromatic N) is 3. The molecule has 0 unspecified atom stereocenters. The minimum atomic E-state index is -0.117. The van der Waals surface area contributed by atoms with Crippen LogP contribution in [-0.2, 0) is 19.6 Å². The number of carbonyl (C=O) groups is 1. The van der Waals surface area contributed by atoms with Gasteiger partial charge in [-0.15, -0.1) is 11.3 Å². The molecule has 146 valence electrons. The molecule has 0 N–H and O–H groups in total. The van der Waals surface area contributed by atoms with Crippen LogP contribution in [0.5, 0.6) is 5.75 Å². The van der Waals surface area contributed by atoms with Gasteiger partial charge in [0.05, 0.1) is 15.2 Å². The molecule has 2 aromatic heterocycles. The second-order valence-corrected chi connectivity index (χ2v) is 8.31. The van der Waals surface area contributed by atoms with Crippen LogP contribution in [0.3, 0.4) is 0 Å². The Morgan fingerprint density at radius 3 is 2.97 bits per heavy atom. The first-order valence-corrected chi connectivity index (χ1v) is 10.3. The fourth-order valence-electron chi connectivity index (χ4n) is 3.58. The average Bonchev–Trinajstić information content (AvgIpc) is 3.36. The van der Waals surface area contributed by atoms with Crippen LogP contribution >= 0.6 is 11.3 Å². The van der Waals surface area contributed by atoms with Crippen LogP contribution in [-0.4, -0.2) is 27.5 Å². The van der Waals surface area contributed by atoms with Crippen LogP contribution in [0.15, 0.2) is 53.1 Å². The molecule has 0 saturated carbocycles. The van der Waals surface area contributed by atoms with Crippen molar-refractivity contribution >= 4 is 27.5 Å². The van der Waals surface area contributed by atoms with Crippen molar-refractivity contribution in [3.05, 3.63) is 76.1 Å². The second-order valence-electron chi connectivity index (χ2n) is 7.07. The van der Waals surface area contributed by atoms with E-state index in [9.17, 15) is 4.79 Å². The highest BCUT2D eigenvalue weighted by molar-refractivity contribution is 7.18. The molecule has 3 heterocycles. The number of hydrogen-bond donors (Lipinski definition) is 0. The number of fused-ring (bicyclic) bond motifs is 2. The van der Waals surface area contributed by atoms with Crippen molar-refractivity contribution in [2.45, 2.75) is 26.5 Å². The highest BCUT2D eigenvalue weighted by Gasteiger charge is 2.24. The summed E-state index contributed by atoms with van der Waals surface area (Å²) in [6.45, 7) is 3.47. The molecule has 6 nitrogen and oxygen atoms in total. The van der Waals surface area contributed by atoms with Crippen molar-refractivity contribution in [3.8, 4) is 5.75 Å². The number of aromatic nitrogens is 2. The lowest BCUT2D eigenvalue weighted by Crippen LogP contribution is -2.36. The van der Waals surface area contributed by atoms with E-state index in [2.05, 4.69) is 22.3 Å². The second kappa shape index (κ2) is 7.33. The molecule has 0 aliphatic carbocycles. The fourth-order valence-corrected chi connectivity index (χ4v) is 4.39. The zero-order valence-electron chi connectivity index (χ0n) is 15.9. The molecule has 7 heteroatoms. The summed E-state index contributed by atoms with van der Waals surface area (Å²) in [4.78, 5) is 19.1. The summed E-state index contributed by atoms with van der Waals surface area (Å²) in [6.07, 6.45) is 0.855. The van der Waals surface area contributed by atoms with Crippen LogP contribution < -0.4 is 4.74 Å². The Morgan fingerprint density at radius 2 is 2.07 bits per heavy atom. The highest BCUT2D eigenvalue weighted by atomic mass is 32.1. The Kier molecular flexibility index (Phi) is 4.52. The molecular weight excluding hydrogens is 386 g/mol. The zero-order chi connectivity index (χ0) is 19.8. The van der Waals surface area contributed by atoms with E-state index in [1.165, 1.54) is 11.1 Å². The summed E-state index contributed by atoms with van der Waals surface area (Å²) >= 11 is 1.65. The third-order valence-electron chi connectivity index (χ3n) is 5.04. The number of rotatable bonds is 4. The molecule has 0 saturated heterocycles. The van der Waals surface area contributed by atoms with Gasteiger partial charge >= 0.3 is 0 Å². The molecule has 2 aromatic carbocycles. The maximum atomic E-state index is 12.8. The first-order chi connectivity index (χ1) is 14.2. The number of thiazole rings is 1. The molecule has 0 spiro atoms. The lowest BCUT2D eigenvalue weighted by atomic mass is 10.00. The van der Waals surface area contributed by atoms with Crippen molar-refractivity contribution in [2.75, 3.05) is 6.54 Å². The normalized spacial score (nSPS) is 13.5. The van der Waals surface area contributed by atoms with E-state index in [0.717, 1.165) is 21.6 Å². The molecule has 0 atom stereocenters. The van der Waals surface area contributed by atoms with Crippen molar-refractivity contribution in [2.24, 2.45) is 0 Å². The number of aryl methyl sites for hydroxylation is 1. The van der Waals surface area contributed by atoms with E-state index >= 15 is 0 Å². The van der Waals surface area contributed by atoms with Gasteiger partial charge in [-0.25, -0.2) is 4.98 Å². The van der Waals surface area contributed by atoms with E-state index in [0.29, 0.717) is 30.3 Å². The molecule has 1 amide bonds. The molecule has 4 aromatic rings. The fraction of sp³-hybridized carbons (Fsp3) is 0.227. The summed E-state index contributed by atoms with van der Waals surface area (Å²) in [5, 5.41) is 4.98. The van der Waals surface area contributed by atoms with E-state index in [1.807, 2.05) is 42.2 Å². The monoisotopic (exact) mass is 405 g/mol. The smallest absolute Gasteiger partial charge is 0.276 e. The van der Waals surface area contributed by atoms with Crippen LogP contribution in [0, 0.1) is 6.92 Å². The van der Waals surface area contributed by atoms with Gasteiger partial charge in [0.1, 0.15) is 12.4 Å². The summed E-state index contributed by atoms with van der Waals surface area (Å²) in [6, 6.07) is 15.7. The minimum absolute atomic E-state index is 0.117. The maximum absolute atomic E-state index is 12.8. The SMILES string of the molecule is Cc1nc2cc(OCc3cc(C(=O)N4CCc5ccccc5C4)no3)ccc2s1. The molecule has 0 bridgehead atoms. The number of hydrogen-bond acceptors (Lipinski definition) is 6. The average molecular weight is 405 g/mol. The Hall–Kier alpha value is -3.19. The minimum Gasteiger partial charge on any atom is -0.485 e. The van der Waals surface area contributed by atoms with Crippen molar-refractivity contribution in [3.63, 3.8) is 0 Å². The van der Waals surface area contributed by atoms with Gasteiger partial charge < -0.3 is 14.2 Å². The Bertz CT molecular complexity index is 1200. The summed E-state index contributed by atoms with van der Waals surface area (Å²) in [5.41, 5.74) is 3.72. The van der Waals surface area contributed by atoms with E-state index < -0.39 is 0 Å². The quantitative estimate of drug-likeness (QED) is 0.504. The van der Waals surface area contributed by atoms with Crippen LogP contribution in [0.1, 0.15) is 32.4 Å². The van der Waals surface area contributed by atoms with Crippen LogP contribution in [0.25, 0.3) is 10.2 Å². The zero-order valence-corrected chi connectivity index (χ0v) is 16.7. The summed E-state index contributed by atoms with van der Waals surface area (Å²) < 4.78 is 12.3. The highest BCUT2D eigenvalue weighted by Crippen LogP contribution is 2.26. The first kappa shape index (κ1) is 17.9. The van der Waals surface area contributed by atoms with Crippen LogP contribution in [0.4, 0.5) is 0 Å². The molecule has 1 aliphatic heterocycles. The van der Waals surface area contributed by atoms with E-state index in [-0.39, 0.29) is 12.5 Å². The molecule has 29 heavy (non-hydrogen) atoms. The Morgan fingerprint density at radius 1 is 1.21 bits per heavy atom. The maximum Gasteiger partial charge on any atom is 0.276 e. The van der Waals surface area contributed by atoms with Gasteiger partial charge in [0.2, 0.25) is 0 Å². The number of benzene rings is 2. The van der Waals surface area contributed by atoms with Gasteiger partial charge in [-0.2, -0.15) is 0 Å². The van der Waals surface area contributed by atoms with Crippen LogP contribution in [0.2, 0.25) is 0 Å². The first-order valence-electron chi connectivity index (χ1n) is 9.47. The van der Waals surface area contributed by atoms with Crippen molar-refractivity contribution < 1.29 is 14.1 Å². The van der Waals surface area contributed by atoms with Crippen molar-refractivity contribution in [1.29, 1.82) is 0 Å². The molecule has 1 aliphatic rings. The third kappa shape index (κ3) is 3.61. The lowest BCUT2D eigenvalue weighted by Gasteiger charge is -2.28. The number of carbonyl (C=O) groups excluding carboxylic acids is 1. The molecule has 0 fully saturated rings. The van der Waals surface area contributed by atoms with E-state index in [1.54, 1.807) is 17.4 Å². The van der Waals surface area contributed by atoms with Gasteiger partial charge in [0, 0.05) is 25.2 Å². The number of amides is 1. The Balaban J connectivity index is 1.25. The summed E-state index contributed by atoms with van der Waals surface area (Å²) in [5.74, 6) is 1.11. The van der Waals surface area contributed by atoms with Gasteiger partial charge in [-0.05, 0) is 36.6 Å². The molecule has 5 rings (SSSR count). The lowest BCUT2D eigenvalue weighted by molar-refractivity contribution is 0.0724. The number of ether oxygens (including phenoxy) is 1.